The van der Waals surface area contributed by atoms with Gasteiger partial charge in [-0.3, -0.25) is 0 Å². The molecule has 1 heterocycles. The SMILES string of the molecule is N#Cc1cc(Cn2ccc3ccc(N)cc32)ccc1F. The molecular formula is C16H12FN3. The predicted molar refractivity (Wildman–Crippen MR) is 76.6 cm³/mol. The summed E-state index contributed by atoms with van der Waals surface area (Å²) in [6.45, 7) is 0.571. The van der Waals surface area contributed by atoms with E-state index in [0.29, 0.717) is 12.2 Å². The molecule has 0 atom stereocenters. The molecule has 0 saturated carbocycles. The van der Waals surface area contributed by atoms with Crippen LogP contribution < -0.4 is 5.73 Å². The molecule has 0 saturated heterocycles. The zero-order valence-corrected chi connectivity index (χ0v) is 10.7. The van der Waals surface area contributed by atoms with Gasteiger partial charge in [0.2, 0.25) is 0 Å². The quantitative estimate of drug-likeness (QED) is 0.723. The average molecular weight is 265 g/mol. The van der Waals surface area contributed by atoms with E-state index in [1.165, 1.54) is 6.07 Å². The summed E-state index contributed by atoms with van der Waals surface area (Å²) in [5, 5.41) is 9.96. The van der Waals surface area contributed by atoms with E-state index >= 15 is 0 Å². The number of aromatic nitrogens is 1. The molecule has 0 unspecified atom stereocenters. The molecule has 3 nitrogen and oxygen atoms in total. The molecule has 2 N–H and O–H groups in total. The third kappa shape index (κ3) is 2.10. The van der Waals surface area contributed by atoms with Crippen LogP contribution in [0.3, 0.4) is 0 Å². The van der Waals surface area contributed by atoms with Gasteiger partial charge in [-0.05, 0) is 41.3 Å². The second kappa shape index (κ2) is 4.71. The van der Waals surface area contributed by atoms with E-state index < -0.39 is 5.82 Å². The highest BCUT2D eigenvalue weighted by atomic mass is 19.1. The fraction of sp³-hybridized carbons (Fsp3) is 0.0625. The smallest absolute Gasteiger partial charge is 0.140 e. The molecule has 4 heteroatoms. The Morgan fingerprint density at radius 1 is 1.15 bits per heavy atom. The lowest BCUT2D eigenvalue weighted by atomic mass is 10.1. The molecule has 0 radical (unpaired) electrons. The van der Waals surface area contributed by atoms with Gasteiger partial charge in [0.05, 0.1) is 11.1 Å². The number of nitrogens with zero attached hydrogens (tertiary/aromatic N) is 2. The van der Waals surface area contributed by atoms with Crippen LogP contribution in [0.4, 0.5) is 10.1 Å². The summed E-state index contributed by atoms with van der Waals surface area (Å²) < 4.78 is 15.3. The first-order valence-corrected chi connectivity index (χ1v) is 6.20. The maximum absolute atomic E-state index is 13.3. The molecule has 0 aliphatic heterocycles. The lowest BCUT2D eigenvalue weighted by molar-refractivity contribution is 0.622. The van der Waals surface area contributed by atoms with Gasteiger partial charge < -0.3 is 10.3 Å². The van der Waals surface area contributed by atoms with Crippen molar-refractivity contribution in [3.05, 3.63) is 65.6 Å². The highest BCUT2D eigenvalue weighted by molar-refractivity contribution is 5.83. The zero-order chi connectivity index (χ0) is 14.1. The van der Waals surface area contributed by atoms with Crippen molar-refractivity contribution in [3.8, 4) is 6.07 Å². The first-order valence-electron chi connectivity index (χ1n) is 6.20. The van der Waals surface area contributed by atoms with Crippen LogP contribution in [0.5, 0.6) is 0 Å². The molecule has 0 aliphatic rings. The van der Waals surface area contributed by atoms with E-state index in [0.717, 1.165) is 16.5 Å². The van der Waals surface area contributed by atoms with Crippen LogP contribution >= 0.6 is 0 Å². The monoisotopic (exact) mass is 265 g/mol. The normalized spacial score (nSPS) is 10.6. The maximum Gasteiger partial charge on any atom is 0.140 e. The van der Waals surface area contributed by atoms with Crippen molar-refractivity contribution >= 4 is 16.6 Å². The molecular weight excluding hydrogens is 253 g/mol. The second-order valence-corrected chi connectivity index (χ2v) is 4.69. The van der Waals surface area contributed by atoms with Gasteiger partial charge in [-0.1, -0.05) is 12.1 Å². The van der Waals surface area contributed by atoms with Crippen molar-refractivity contribution in [2.24, 2.45) is 0 Å². The zero-order valence-electron chi connectivity index (χ0n) is 10.7. The van der Waals surface area contributed by atoms with Crippen LogP contribution in [0, 0.1) is 17.1 Å². The topological polar surface area (TPSA) is 54.7 Å². The van der Waals surface area contributed by atoms with Gasteiger partial charge in [0, 0.05) is 18.4 Å². The minimum Gasteiger partial charge on any atom is -0.399 e. The van der Waals surface area contributed by atoms with Crippen LogP contribution in [0.1, 0.15) is 11.1 Å². The van der Waals surface area contributed by atoms with Crippen molar-refractivity contribution < 1.29 is 4.39 Å². The van der Waals surface area contributed by atoms with Crippen LogP contribution in [0.15, 0.2) is 48.7 Å². The molecule has 3 aromatic rings. The van der Waals surface area contributed by atoms with Gasteiger partial charge in [0.1, 0.15) is 11.9 Å². The standard InChI is InChI=1S/C16H12FN3/c17-15-4-1-11(7-13(15)9-18)10-20-6-5-12-2-3-14(19)8-16(12)20/h1-8H,10,19H2. The minimum absolute atomic E-state index is 0.0680. The molecule has 20 heavy (non-hydrogen) atoms. The molecule has 1 aromatic heterocycles. The predicted octanol–water partition coefficient (Wildman–Crippen LogP) is 3.28. The van der Waals surface area contributed by atoms with E-state index in [9.17, 15) is 4.39 Å². The van der Waals surface area contributed by atoms with Crippen molar-refractivity contribution in [2.75, 3.05) is 5.73 Å². The Morgan fingerprint density at radius 3 is 2.80 bits per heavy atom. The molecule has 0 fully saturated rings. The largest absolute Gasteiger partial charge is 0.399 e. The number of nitrogens with two attached hydrogens (primary N) is 1. The summed E-state index contributed by atoms with van der Waals surface area (Å²) in [6, 6.07) is 14.2. The first kappa shape index (κ1) is 12.2. The molecule has 0 spiro atoms. The van der Waals surface area contributed by atoms with Gasteiger partial charge >= 0.3 is 0 Å². The van der Waals surface area contributed by atoms with Crippen molar-refractivity contribution in [1.82, 2.24) is 4.57 Å². The average Bonchev–Trinajstić information content (AvgIpc) is 2.83. The van der Waals surface area contributed by atoms with Gasteiger partial charge in [-0.15, -0.1) is 0 Å². The second-order valence-electron chi connectivity index (χ2n) is 4.69. The number of fused-ring (bicyclic) bond motifs is 1. The highest BCUT2D eigenvalue weighted by Crippen LogP contribution is 2.20. The number of hydrogen-bond donors (Lipinski definition) is 1. The van der Waals surface area contributed by atoms with Crippen molar-refractivity contribution in [1.29, 1.82) is 5.26 Å². The Morgan fingerprint density at radius 2 is 2.00 bits per heavy atom. The van der Waals surface area contributed by atoms with E-state index in [2.05, 4.69) is 0 Å². The van der Waals surface area contributed by atoms with Crippen LogP contribution in [-0.2, 0) is 6.54 Å². The van der Waals surface area contributed by atoms with Gasteiger partial charge in [-0.25, -0.2) is 4.39 Å². The highest BCUT2D eigenvalue weighted by Gasteiger charge is 2.06. The Labute approximate surface area is 115 Å². The van der Waals surface area contributed by atoms with E-state index in [1.807, 2.05) is 41.1 Å². The van der Waals surface area contributed by atoms with E-state index in [1.54, 1.807) is 12.1 Å². The third-order valence-electron chi connectivity index (χ3n) is 3.30. The number of anilines is 1. The number of benzene rings is 2. The lowest BCUT2D eigenvalue weighted by Crippen LogP contribution is -1.99. The van der Waals surface area contributed by atoms with Crippen LogP contribution in [0.25, 0.3) is 10.9 Å². The fourth-order valence-electron chi connectivity index (χ4n) is 2.29. The summed E-state index contributed by atoms with van der Waals surface area (Å²) in [6.07, 6.45) is 1.96. The van der Waals surface area contributed by atoms with Crippen LogP contribution in [0.2, 0.25) is 0 Å². The Kier molecular flexibility index (Phi) is 2.88. The maximum atomic E-state index is 13.3. The Bertz CT molecular complexity index is 827. The molecule has 2 aromatic carbocycles. The number of rotatable bonds is 2. The third-order valence-corrected chi connectivity index (χ3v) is 3.30. The van der Waals surface area contributed by atoms with E-state index in [-0.39, 0.29) is 5.56 Å². The first-order chi connectivity index (χ1) is 9.67. The number of halogens is 1. The lowest BCUT2D eigenvalue weighted by Gasteiger charge is -2.07. The molecule has 98 valence electrons. The number of nitrogen functional groups attached to an aromatic ring is 1. The molecule has 0 bridgehead atoms. The summed E-state index contributed by atoms with van der Waals surface area (Å²) >= 11 is 0. The summed E-state index contributed by atoms with van der Waals surface area (Å²) in [5.74, 6) is -0.488. The summed E-state index contributed by atoms with van der Waals surface area (Å²) in [5.41, 5.74) is 8.47. The summed E-state index contributed by atoms with van der Waals surface area (Å²) in [4.78, 5) is 0. The molecule has 3 rings (SSSR count). The van der Waals surface area contributed by atoms with Gasteiger partial charge in [0.15, 0.2) is 0 Å². The summed E-state index contributed by atoms with van der Waals surface area (Å²) in [7, 11) is 0. The van der Waals surface area contributed by atoms with Gasteiger partial charge in [0.25, 0.3) is 0 Å². The molecule has 0 aliphatic carbocycles. The number of hydrogen-bond acceptors (Lipinski definition) is 2. The van der Waals surface area contributed by atoms with Crippen molar-refractivity contribution in [2.45, 2.75) is 6.54 Å². The minimum atomic E-state index is -0.488. The fourth-order valence-corrected chi connectivity index (χ4v) is 2.29. The Balaban J connectivity index is 2.01. The van der Waals surface area contributed by atoms with Gasteiger partial charge in [-0.2, -0.15) is 5.26 Å². The van der Waals surface area contributed by atoms with E-state index in [4.69, 9.17) is 11.0 Å². The number of nitriles is 1. The van der Waals surface area contributed by atoms with Crippen molar-refractivity contribution in [3.63, 3.8) is 0 Å². The molecule has 0 amide bonds. The van der Waals surface area contributed by atoms with Crippen LogP contribution in [-0.4, -0.2) is 4.57 Å². The Hall–Kier alpha value is -2.80.